The summed E-state index contributed by atoms with van der Waals surface area (Å²) in [6, 6.07) is 0. The summed E-state index contributed by atoms with van der Waals surface area (Å²) in [7, 11) is 0. The van der Waals surface area contributed by atoms with Crippen molar-refractivity contribution < 1.29 is 0 Å². The van der Waals surface area contributed by atoms with Gasteiger partial charge in [-0.15, -0.1) is 0 Å². The minimum atomic E-state index is 0.591. The lowest BCUT2D eigenvalue weighted by molar-refractivity contribution is 0.398. The average molecular weight is 167 g/mol. The Bertz CT molecular complexity index is 138. The van der Waals surface area contributed by atoms with E-state index >= 15 is 0 Å². The third-order valence-electron chi connectivity index (χ3n) is 2.35. The van der Waals surface area contributed by atoms with Gasteiger partial charge in [0.2, 0.25) is 0 Å². The lowest BCUT2D eigenvalue weighted by Crippen LogP contribution is -2.11. The third kappa shape index (κ3) is 4.32. The van der Waals surface area contributed by atoms with Gasteiger partial charge in [-0.3, -0.25) is 4.99 Å². The van der Waals surface area contributed by atoms with Crippen molar-refractivity contribution in [3.05, 3.63) is 12.8 Å². The molecular weight excluding hydrogens is 146 g/mol. The molecule has 70 valence electrons. The zero-order valence-corrected chi connectivity index (χ0v) is 8.59. The van der Waals surface area contributed by atoms with E-state index in [9.17, 15) is 0 Å². The summed E-state index contributed by atoms with van der Waals surface area (Å²) in [6.45, 7) is 10.3. The largest absolute Gasteiger partial charge is 0.269 e. The fourth-order valence-corrected chi connectivity index (χ4v) is 1.53. The molecule has 0 aliphatic carbocycles. The summed E-state index contributed by atoms with van der Waals surface area (Å²) in [5, 5.41) is 0. The first kappa shape index (κ1) is 11.4. The fourth-order valence-electron chi connectivity index (χ4n) is 1.53. The molecule has 1 heteroatoms. The van der Waals surface area contributed by atoms with Gasteiger partial charge in [0.1, 0.15) is 0 Å². The Kier molecular flexibility index (Phi) is 6.73. The van der Waals surface area contributed by atoms with E-state index in [1.54, 1.807) is 6.20 Å². The maximum absolute atomic E-state index is 4.06. The summed E-state index contributed by atoms with van der Waals surface area (Å²) in [4.78, 5) is 4.06. The monoisotopic (exact) mass is 167 g/mol. The number of aliphatic imine (C=N–C) groups is 1. The number of hydrogen-bond donors (Lipinski definition) is 0. The first-order valence-electron chi connectivity index (χ1n) is 4.90. The zero-order chi connectivity index (χ0) is 9.40. The quantitative estimate of drug-likeness (QED) is 0.535. The van der Waals surface area contributed by atoms with Gasteiger partial charge in [-0.1, -0.05) is 46.6 Å². The SMILES string of the molecule is C=CN=CC(C)C(CC)CCC. The van der Waals surface area contributed by atoms with Gasteiger partial charge in [-0.25, -0.2) is 0 Å². The van der Waals surface area contributed by atoms with Crippen LogP contribution in [0.15, 0.2) is 17.8 Å². The fraction of sp³-hybridized carbons (Fsp3) is 0.727. The molecule has 0 radical (unpaired) electrons. The maximum atomic E-state index is 4.06. The topological polar surface area (TPSA) is 12.4 Å². The van der Waals surface area contributed by atoms with Crippen molar-refractivity contribution in [1.82, 2.24) is 0 Å². The van der Waals surface area contributed by atoms with Crippen molar-refractivity contribution in [3.63, 3.8) is 0 Å². The molecule has 0 saturated heterocycles. The van der Waals surface area contributed by atoms with Crippen LogP contribution in [-0.4, -0.2) is 6.21 Å². The second-order valence-electron chi connectivity index (χ2n) is 3.30. The van der Waals surface area contributed by atoms with Gasteiger partial charge in [0, 0.05) is 12.4 Å². The van der Waals surface area contributed by atoms with E-state index in [0.29, 0.717) is 5.92 Å². The molecular formula is C11H21N. The second-order valence-corrected chi connectivity index (χ2v) is 3.30. The van der Waals surface area contributed by atoms with Crippen LogP contribution in [0.5, 0.6) is 0 Å². The Balaban J connectivity index is 3.91. The van der Waals surface area contributed by atoms with Gasteiger partial charge in [-0.05, 0) is 11.8 Å². The van der Waals surface area contributed by atoms with Gasteiger partial charge in [0.05, 0.1) is 0 Å². The van der Waals surface area contributed by atoms with Crippen LogP contribution in [0, 0.1) is 11.8 Å². The molecule has 0 heterocycles. The Morgan fingerprint density at radius 3 is 2.50 bits per heavy atom. The molecule has 2 atom stereocenters. The van der Waals surface area contributed by atoms with Crippen LogP contribution in [0.1, 0.15) is 40.0 Å². The van der Waals surface area contributed by atoms with Crippen molar-refractivity contribution >= 4 is 6.21 Å². The molecule has 0 aliphatic heterocycles. The first-order valence-corrected chi connectivity index (χ1v) is 4.90. The van der Waals surface area contributed by atoms with Crippen molar-refractivity contribution in [3.8, 4) is 0 Å². The second kappa shape index (κ2) is 7.08. The third-order valence-corrected chi connectivity index (χ3v) is 2.35. The molecule has 0 amide bonds. The van der Waals surface area contributed by atoms with E-state index in [2.05, 4.69) is 32.3 Å². The highest BCUT2D eigenvalue weighted by molar-refractivity contribution is 5.61. The van der Waals surface area contributed by atoms with E-state index in [1.807, 2.05) is 6.21 Å². The molecule has 0 aliphatic rings. The summed E-state index contributed by atoms with van der Waals surface area (Å²) < 4.78 is 0. The maximum Gasteiger partial charge on any atom is 0.0192 e. The minimum Gasteiger partial charge on any atom is -0.269 e. The average Bonchev–Trinajstić information content (AvgIpc) is 2.10. The Labute approximate surface area is 76.6 Å². The van der Waals surface area contributed by atoms with Crippen LogP contribution in [0.2, 0.25) is 0 Å². The Morgan fingerprint density at radius 2 is 2.08 bits per heavy atom. The van der Waals surface area contributed by atoms with E-state index in [4.69, 9.17) is 0 Å². The minimum absolute atomic E-state index is 0.591. The molecule has 2 unspecified atom stereocenters. The normalized spacial score (nSPS) is 16.2. The molecule has 0 aromatic heterocycles. The first-order chi connectivity index (χ1) is 5.76. The summed E-state index contributed by atoms with van der Waals surface area (Å²) >= 11 is 0. The van der Waals surface area contributed by atoms with E-state index in [0.717, 1.165) is 5.92 Å². The highest BCUT2D eigenvalue weighted by atomic mass is 14.7. The smallest absolute Gasteiger partial charge is 0.0192 e. The van der Waals surface area contributed by atoms with Gasteiger partial charge in [-0.2, -0.15) is 0 Å². The van der Waals surface area contributed by atoms with Crippen LogP contribution in [0.3, 0.4) is 0 Å². The molecule has 0 saturated carbocycles. The summed E-state index contributed by atoms with van der Waals surface area (Å²) in [5.41, 5.74) is 0. The number of rotatable bonds is 6. The van der Waals surface area contributed by atoms with Crippen molar-refractivity contribution in [2.75, 3.05) is 0 Å². The lowest BCUT2D eigenvalue weighted by Gasteiger charge is -2.17. The van der Waals surface area contributed by atoms with Crippen LogP contribution in [0.25, 0.3) is 0 Å². The van der Waals surface area contributed by atoms with Gasteiger partial charge >= 0.3 is 0 Å². The van der Waals surface area contributed by atoms with Crippen molar-refractivity contribution in [2.45, 2.75) is 40.0 Å². The molecule has 12 heavy (non-hydrogen) atoms. The van der Waals surface area contributed by atoms with Crippen LogP contribution >= 0.6 is 0 Å². The number of nitrogens with zero attached hydrogens (tertiary/aromatic N) is 1. The van der Waals surface area contributed by atoms with E-state index in [-0.39, 0.29) is 0 Å². The van der Waals surface area contributed by atoms with Crippen LogP contribution in [-0.2, 0) is 0 Å². The van der Waals surface area contributed by atoms with E-state index in [1.165, 1.54) is 19.3 Å². The van der Waals surface area contributed by atoms with Gasteiger partial charge < -0.3 is 0 Å². The molecule has 0 aromatic rings. The van der Waals surface area contributed by atoms with Crippen LogP contribution in [0.4, 0.5) is 0 Å². The number of hydrogen-bond acceptors (Lipinski definition) is 1. The van der Waals surface area contributed by atoms with Crippen molar-refractivity contribution in [2.24, 2.45) is 16.8 Å². The molecule has 0 aromatic carbocycles. The van der Waals surface area contributed by atoms with Gasteiger partial charge in [0.15, 0.2) is 0 Å². The summed E-state index contributed by atoms with van der Waals surface area (Å²) in [6.07, 6.45) is 7.44. The predicted molar refractivity (Wildman–Crippen MR) is 56.5 cm³/mol. The van der Waals surface area contributed by atoms with Crippen LogP contribution < -0.4 is 0 Å². The standard InChI is InChI=1S/C11H21N/c1-5-8-11(6-2)10(4)9-12-7-3/h7,9-11H,3,5-6,8H2,1-2,4H3. The molecule has 0 bridgehead atoms. The highest BCUT2D eigenvalue weighted by Crippen LogP contribution is 2.19. The predicted octanol–water partition coefficient (Wildman–Crippen LogP) is 3.66. The molecule has 0 rings (SSSR count). The Morgan fingerprint density at radius 1 is 1.42 bits per heavy atom. The highest BCUT2D eigenvalue weighted by Gasteiger charge is 2.11. The molecule has 0 spiro atoms. The van der Waals surface area contributed by atoms with E-state index < -0.39 is 0 Å². The zero-order valence-electron chi connectivity index (χ0n) is 8.59. The van der Waals surface area contributed by atoms with Crippen molar-refractivity contribution in [1.29, 1.82) is 0 Å². The summed E-state index contributed by atoms with van der Waals surface area (Å²) in [5.74, 6) is 1.38. The Hall–Kier alpha value is -0.590. The van der Waals surface area contributed by atoms with Gasteiger partial charge in [0.25, 0.3) is 0 Å². The molecule has 0 N–H and O–H groups in total. The molecule has 1 nitrogen and oxygen atoms in total. The molecule has 0 fully saturated rings. The lowest BCUT2D eigenvalue weighted by atomic mass is 9.89.